The fourth-order valence-electron chi connectivity index (χ4n) is 1.44. The highest BCUT2D eigenvalue weighted by Crippen LogP contribution is 2.41. The van der Waals surface area contributed by atoms with Gasteiger partial charge in [-0.05, 0) is 0 Å². The molecule has 14 heavy (non-hydrogen) atoms. The number of rotatable bonds is 2. The maximum Gasteiger partial charge on any atom is 0.326 e. The fourth-order valence-corrected chi connectivity index (χ4v) is 1.44. The summed E-state index contributed by atoms with van der Waals surface area (Å²) >= 11 is 0. The predicted octanol–water partition coefficient (Wildman–Crippen LogP) is 1.91. The molecule has 72 valence electrons. The van der Waals surface area contributed by atoms with Gasteiger partial charge in [0.1, 0.15) is 6.26 Å². The second kappa shape index (κ2) is 3.06. The first kappa shape index (κ1) is 8.62. The third kappa shape index (κ3) is 1.04. The number of aldehydes is 1. The van der Waals surface area contributed by atoms with Crippen molar-refractivity contribution in [2.75, 3.05) is 7.11 Å². The van der Waals surface area contributed by atoms with E-state index in [1.807, 2.05) is 0 Å². The highest BCUT2D eigenvalue weighted by Gasteiger charge is 2.19. The Labute approximate surface area is 80.1 Å². The molecular weight excluding hydrogens is 184 g/mol. The fraction of sp³-hybridized carbons (Fsp3) is 0.100. The molecular formula is C10H8O4. The van der Waals surface area contributed by atoms with Crippen LogP contribution in [0.5, 0.6) is 11.7 Å². The van der Waals surface area contributed by atoms with Crippen molar-refractivity contribution in [3.63, 3.8) is 0 Å². The van der Waals surface area contributed by atoms with Gasteiger partial charge in [0, 0.05) is 16.7 Å². The van der Waals surface area contributed by atoms with Crippen LogP contribution in [0.1, 0.15) is 10.4 Å². The second-order valence-electron chi connectivity index (χ2n) is 2.81. The number of fused-ring (bicyclic) bond motifs is 1. The molecule has 1 N–H and O–H groups in total. The van der Waals surface area contributed by atoms with Crippen LogP contribution in [0.25, 0.3) is 11.1 Å². The quantitative estimate of drug-likeness (QED) is 0.738. The van der Waals surface area contributed by atoms with Gasteiger partial charge in [-0.1, -0.05) is 12.1 Å². The van der Waals surface area contributed by atoms with Crippen molar-refractivity contribution >= 4 is 6.29 Å². The van der Waals surface area contributed by atoms with E-state index in [0.717, 1.165) is 5.56 Å². The highest BCUT2D eigenvalue weighted by molar-refractivity contribution is 5.93. The molecule has 0 amide bonds. The third-order valence-corrected chi connectivity index (χ3v) is 2.07. The molecule has 0 spiro atoms. The maximum absolute atomic E-state index is 10.7. The molecule has 0 aromatic heterocycles. The zero-order valence-corrected chi connectivity index (χ0v) is 7.48. The molecule has 0 unspecified atom stereocenters. The summed E-state index contributed by atoms with van der Waals surface area (Å²) in [6.07, 6.45) is 2.09. The Kier molecular flexibility index (Phi) is 1.89. The lowest BCUT2D eigenvalue weighted by Gasteiger charge is -2.07. The smallest absolute Gasteiger partial charge is 0.326 e. The molecule has 0 saturated carbocycles. The molecule has 4 heteroatoms. The Hall–Kier alpha value is -1.97. The summed E-state index contributed by atoms with van der Waals surface area (Å²) in [4.78, 5) is 10.7. The van der Waals surface area contributed by atoms with E-state index >= 15 is 0 Å². The summed E-state index contributed by atoms with van der Waals surface area (Å²) in [5.74, 6) is -0.135. The number of carbonyl (C=O) groups excluding carboxylic acids is 1. The van der Waals surface area contributed by atoms with Gasteiger partial charge in [-0.15, -0.1) is 0 Å². The van der Waals surface area contributed by atoms with Gasteiger partial charge < -0.3 is 14.3 Å². The standard InChI is InChI=1S/C10H8O4/c1-13-9-8-6(4-11)2-3-7(8)5-14-10(9)12/h2-5,12H,1H3. The van der Waals surface area contributed by atoms with E-state index in [0.29, 0.717) is 17.4 Å². The van der Waals surface area contributed by atoms with E-state index < -0.39 is 0 Å². The minimum atomic E-state index is -0.325. The van der Waals surface area contributed by atoms with E-state index in [2.05, 4.69) is 0 Å². The lowest BCUT2D eigenvalue weighted by molar-refractivity contribution is 0.112. The summed E-state index contributed by atoms with van der Waals surface area (Å²) < 4.78 is 9.79. The van der Waals surface area contributed by atoms with E-state index in [-0.39, 0.29) is 11.7 Å². The second-order valence-corrected chi connectivity index (χ2v) is 2.81. The van der Waals surface area contributed by atoms with E-state index in [1.54, 1.807) is 12.1 Å². The number of hydrogen-bond acceptors (Lipinski definition) is 4. The Morgan fingerprint density at radius 3 is 2.93 bits per heavy atom. The third-order valence-electron chi connectivity index (χ3n) is 2.07. The minimum Gasteiger partial charge on any atom is -0.490 e. The number of carbonyl (C=O) groups is 1. The molecule has 1 heterocycles. The van der Waals surface area contributed by atoms with Gasteiger partial charge in [0.05, 0.1) is 7.11 Å². The van der Waals surface area contributed by atoms with Crippen LogP contribution in [0.15, 0.2) is 22.8 Å². The van der Waals surface area contributed by atoms with Crippen molar-refractivity contribution in [3.05, 3.63) is 24.0 Å². The van der Waals surface area contributed by atoms with E-state index in [4.69, 9.17) is 9.15 Å². The van der Waals surface area contributed by atoms with Crippen molar-refractivity contribution in [1.29, 1.82) is 0 Å². The molecule has 4 nitrogen and oxygen atoms in total. The van der Waals surface area contributed by atoms with Gasteiger partial charge in [0.2, 0.25) is 5.75 Å². The average molecular weight is 192 g/mol. The van der Waals surface area contributed by atoms with Crippen LogP contribution in [-0.2, 0) is 0 Å². The van der Waals surface area contributed by atoms with Crippen LogP contribution >= 0.6 is 0 Å². The Morgan fingerprint density at radius 1 is 1.50 bits per heavy atom. The van der Waals surface area contributed by atoms with E-state index in [1.165, 1.54) is 13.4 Å². The van der Waals surface area contributed by atoms with Crippen molar-refractivity contribution in [1.82, 2.24) is 0 Å². The summed E-state index contributed by atoms with van der Waals surface area (Å²) in [5, 5.41) is 9.34. The molecule has 2 rings (SSSR count). The molecule has 1 aliphatic carbocycles. The number of methoxy groups -OCH3 is 1. The number of aromatic hydroxyl groups is 1. The molecule has 0 aromatic rings. The van der Waals surface area contributed by atoms with Crippen LogP contribution in [-0.4, -0.2) is 18.5 Å². The molecule has 1 aliphatic heterocycles. The Morgan fingerprint density at radius 2 is 2.29 bits per heavy atom. The monoisotopic (exact) mass is 192 g/mol. The van der Waals surface area contributed by atoms with E-state index in [9.17, 15) is 9.90 Å². The summed E-state index contributed by atoms with van der Waals surface area (Å²) in [6.45, 7) is 0. The van der Waals surface area contributed by atoms with Crippen LogP contribution in [0.3, 0.4) is 0 Å². The van der Waals surface area contributed by atoms with Crippen molar-refractivity contribution in [2.45, 2.75) is 0 Å². The largest absolute Gasteiger partial charge is 0.490 e. The molecule has 0 radical (unpaired) electrons. The van der Waals surface area contributed by atoms with Crippen LogP contribution in [0.4, 0.5) is 0 Å². The topological polar surface area (TPSA) is 59.7 Å². The lowest BCUT2D eigenvalue weighted by Crippen LogP contribution is -1.90. The van der Waals surface area contributed by atoms with Gasteiger partial charge in [-0.25, -0.2) is 0 Å². The zero-order valence-electron chi connectivity index (χ0n) is 7.48. The Balaban J connectivity index is 2.79. The molecule has 0 fully saturated rings. The van der Waals surface area contributed by atoms with Crippen LogP contribution in [0, 0.1) is 0 Å². The van der Waals surface area contributed by atoms with Crippen molar-refractivity contribution in [3.8, 4) is 22.8 Å². The lowest BCUT2D eigenvalue weighted by atomic mass is 10.1. The van der Waals surface area contributed by atoms with Gasteiger partial charge in [0.25, 0.3) is 0 Å². The normalized spacial score (nSPS) is 10.4. The molecule has 0 aromatic carbocycles. The molecule has 0 atom stereocenters. The zero-order chi connectivity index (χ0) is 10.1. The molecule has 0 saturated heterocycles. The first-order valence-corrected chi connectivity index (χ1v) is 4.00. The van der Waals surface area contributed by atoms with Crippen LogP contribution in [0.2, 0.25) is 0 Å². The highest BCUT2D eigenvalue weighted by atomic mass is 16.5. The molecule has 2 aliphatic rings. The first-order valence-electron chi connectivity index (χ1n) is 4.00. The maximum atomic E-state index is 10.7. The average Bonchev–Trinajstić information content (AvgIpc) is 2.61. The molecule has 0 bridgehead atoms. The van der Waals surface area contributed by atoms with Crippen LogP contribution < -0.4 is 4.74 Å². The SMILES string of the molecule is COc1c(O)occ2ccc(C=O)c1-2. The summed E-state index contributed by atoms with van der Waals surface area (Å²) in [6, 6.07) is 3.37. The van der Waals surface area contributed by atoms with Gasteiger partial charge in [0.15, 0.2) is 6.29 Å². The van der Waals surface area contributed by atoms with Crippen molar-refractivity contribution in [2.24, 2.45) is 0 Å². The van der Waals surface area contributed by atoms with Gasteiger partial charge in [-0.2, -0.15) is 0 Å². The van der Waals surface area contributed by atoms with Gasteiger partial charge >= 0.3 is 5.95 Å². The van der Waals surface area contributed by atoms with Gasteiger partial charge in [-0.3, -0.25) is 4.79 Å². The Bertz CT molecular complexity index is 444. The number of ether oxygens (including phenoxy) is 1. The predicted molar refractivity (Wildman–Crippen MR) is 48.9 cm³/mol. The summed E-state index contributed by atoms with van der Waals surface area (Å²) in [5.41, 5.74) is 1.77. The van der Waals surface area contributed by atoms with Crippen molar-refractivity contribution < 1.29 is 19.1 Å². The first-order chi connectivity index (χ1) is 6.77. The summed E-state index contributed by atoms with van der Waals surface area (Å²) in [7, 11) is 1.41. The minimum absolute atomic E-state index is 0.189. The number of hydrogen-bond donors (Lipinski definition) is 1.